The summed E-state index contributed by atoms with van der Waals surface area (Å²) in [4.78, 5) is 14.6. The van der Waals surface area contributed by atoms with Gasteiger partial charge in [-0.15, -0.1) is 4.40 Å². The molecule has 2 aromatic rings. The van der Waals surface area contributed by atoms with Gasteiger partial charge in [0, 0.05) is 5.56 Å². The van der Waals surface area contributed by atoms with Crippen LogP contribution < -0.4 is 5.32 Å². The van der Waals surface area contributed by atoms with Crippen molar-refractivity contribution in [3.63, 3.8) is 0 Å². The Morgan fingerprint density at radius 2 is 1.53 bits per heavy atom. The number of amidine groups is 1. The second-order valence-corrected chi connectivity index (χ2v) is 11.8. The lowest BCUT2D eigenvalue weighted by Crippen LogP contribution is -2.44. The number of nitrogens with zero attached hydrogens (tertiary/aromatic N) is 1. The van der Waals surface area contributed by atoms with Gasteiger partial charge in [0.1, 0.15) is 16.2 Å². The Balaban J connectivity index is 1.91. The van der Waals surface area contributed by atoms with Crippen LogP contribution in [0.15, 0.2) is 63.4 Å². The number of anilines is 1. The molecule has 2 aliphatic rings. The number of carbonyl (C=O) groups is 1. The van der Waals surface area contributed by atoms with Crippen LogP contribution in [0.25, 0.3) is 5.76 Å². The van der Waals surface area contributed by atoms with Gasteiger partial charge in [0.2, 0.25) is 0 Å². The number of aliphatic hydroxyl groups excluding tert-OH is 1. The molecule has 6 nitrogen and oxygen atoms in total. The van der Waals surface area contributed by atoms with Crippen LogP contribution in [0.1, 0.15) is 64.5 Å². The second-order valence-electron chi connectivity index (χ2n) is 10.1. The van der Waals surface area contributed by atoms with E-state index in [0.717, 1.165) is 18.4 Å². The molecular weight excluding hydrogens is 448 g/mol. The van der Waals surface area contributed by atoms with Crippen LogP contribution in [0.2, 0.25) is 0 Å². The molecule has 0 bridgehead atoms. The predicted octanol–water partition coefficient (Wildman–Crippen LogP) is 7.20. The van der Waals surface area contributed by atoms with Gasteiger partial charge in [-0.3, -0.25) is 13.9 Å². The maximum absolute atomic E-state index is 14.4. The van der Waals surface area contributed by atoms with Crippen LogP contribution in [0.5, 0.6) is 0 Å². The number of para-hydroxylation sites is 1. The van der Waals surface area contributed by atoms with E-state index in [1.165, 1.54) is 0 Å². The van der Waals surface area contributed by atoms with Crippen molar-refractivity contribution in [2.45, 2.75) is 63.7 Å². The molecule has 0 spiro atoms. The molecule has 4 N–H and O–H groups in total. The molecule has 1 aliphatic heterocycles. The topological polar surface area (TPSA) is 102 Å². The average Bonchev–Trinajstić information content (AvgIpc) is 2.78. The number of aliphatic hydroxyl groups is 1. The smallest absolute Gasteiger partial charge is 0.180 e. The van der Waals surface area contributed by atoms with Crippen molar-refractivity contribution in [1.82, 2.24) is 0 Å². The van der Waals surface area contributed by atoms with Gasteiger partial charge in [0.15, 0.2) is 11.6 Å². The lowest BCUT2D eigenvalue weighted by molar-refractivity contribution is -0.121. The third-order valence-corrected chi connectivity index (χ3v) is 8.17. The molecule has 0 amide bonds. The lowest BCUT2D eigenvalue weighted by Gasteiger charge is -2.41. The average molecular weight is 483 g/mol. The number of benzene rings is 2. The highest BCUT2D eigenvalue weighted by molar-refractivity contribution is 8.23. The first-order valence-corrected chi connectivity index (χ1v) is 13.4. The van der Waals surface area contributed by atoms with Gasteiger partial charge in [-0.05, 0) is 55.2 Å². The third kappa shape index (κ3) is 4.28. The Bertz CT molecular complexity index is 1150. The van der Waals surface area contributed by atoms with E-state index in [1.807, 2.05) is 24.3 Å². The minimum absolute atomic E-state index is 0.00849. The SMILES string of the molecule is CC(C)CCC1(CCC(C)C)C(=O)C(C2=NS(O)(O)c3ccccc3N2)=C(O)c2ccccc21. The van der Waals surface area contributed by atoms with E-state index in [9.17, 15) is 19.0 Å². The summed E-state index contributed by atoms with van der Waals surface area (Å²) in [5, 5.41) is 14.4. The summed E-state index contributed by atoms with van der Waals surface area (Å²) < 4.78 is 25.7. The van der Waals surface area contributed by atoms with Gasteiger partial charge >= 0.3 is 0 Å². The number of hydrogen-bond acceptors (Lipinski definition) is 6. The summed E-state index contributed by atoms with van der Waals surface area (Å²) in [6, 6.07) is 14.3. The molecular formula is C27H34N2O4S. The van der Waals surface area contributed by atoms with Crippen molar-refractivity contribution < 1.29 is 19.0 Å². The molecule has 0 atom stereocenters. The maximum atomic E-state index is 14.4. The molecule has 0 aromatic heterocycles. The molecule has 7 heteroatoms. The fourth-order valence-electron chi connectivity index (χ4n) is 4.87. The number of Topliss-reactive ketones (excluding diaryl/α,β-unsaturated/α-hetero) is 1. The monoisotopic (exact) mass is 482 g/mol. The standard InChI is InChI=1S/C27H34N2O4S/c1-17(2)13-15-27(16-14-18(3)4)20-10-6-5-9-19(20)24(30)23(25(27)31)26-28-21-11-7-8-12-22(21)34(32,33)29-26/h5-12,17-18,30,32-33H,13-16H2,1-4H3,(H,28,29). The molecule has 0 radical (unpaired) electrons. The summed E-state index contributed by atoms with van der Waals surface area (Å²) >= 11 is 0. The van der Waals surface area contributed by atoms with Crippen LogP contribution in [0.4, 0.5) is 5.69 Å². The summed E-state index contributed by atoms with van der Waals surface area (Å²) in [5.41, 5.74) is 1.11. The van der Waals surface area contributed by atoms with Gasteiger partial charge in [0.25, 0.3) is 0 Å². The highest BCUT2D eigenvalue weighted by Crippen LogP contribution is 2.56. The molecule has 0 fully saturated rings. The number of hydrogen-bond donors (Lipinski definition) is 4. The van der Waals surface area contributed by atoms with E-state index >= 15 is 0 Å². The van der Waals surface area contributed by atoms with Gasteiger partial charge in [0.05, 0.1) is 11.1 Å². The zero-order valence-corrected chi connectivity index (χ0v) is 21.0. The van der Waals surface area contributed by atoms with E-state index in [2.05, 4.69) is 37.4 Å². The van der Waals surface area contributed by atoms with Gasteiger partial charge in [-0.25, -0.2) is 0 Å². The van der Waals surface area contributed by atoms with E-state index < -0.39 is 16.2 Å². The molecule has 0 saturated carbocycles. The van der Waals surface area contributed by atoms with Crippen LogP contribution in [0.3, 0.4) is 0 Å². The van der Waals surface area contributed by atoms with Crippen molar-refractivity contribution in [1.29, 1.82) is 0 Å². The molecule has 0 unspecified atom stereocenters. The first-order chi connectivity index (χ1) is 16.1. The Hall–Kier alpha value is -2.61. The third-order valence-electron chi connectivity index (χ3n) is 6.78. The van der Waals surface area contributed by atoms with Crippen LogP contribution in [-0.2, 0) is 10.2 Å². The Labute approximate surface area is 203 Å². The maximum Gasteiger partial charge on any atom is 0.180 e. The highest BCUT2D eigenvalue weighted by atomic mass is 32.3. The normalized spacial score (nSPS) is 19.4. The zero-order valence-electron chi connectivity index (χ0n) is 20.2. The Morgan fingerprint density at radius 3 is 2.18 bits per heavy atom. The highest BCUT2D eigenvalue weighted by Gasteiger charge is 2.49. The first-order valence-electron chi connectivity index (χ1n) is 11.9. The summed E-state index contributed by atoms with van der Waals surface area (Å²) in [7, 11) is -3.53. The number of fused-ring (bicyclic) bond motifs is 2. The molecule has 1 aliphatic carbocycles. The molecule has 0 saturated heterocycles. The zero-order chi connectivity index (χ0) is 24.7. The lowest BCUT2D eigenvalue weighted by atomic mass is 9.62. The van der Waals surface area contributed by atoms with Gasteiger partial charge in [-0.1, -0.05) is 74.9 Å². The van der Waals surface area contributed by atoms with E-state index in [1.54, 1.807) is 24.3 Å². The number of carbonyl (C=O) groups excluding carboxylic acids is 1. The number of rotatable bonds is 7. The summed E-state index contributed by atoms with van der Waals surface area (Å²) in [6.45, 7) is 8.57. The first kappa shape index (κ1) is 24.5. The fraction of sp³-hybridized carbons (Fsp3) is 0.407. The minimum atomic E-state index is -3.53. The van der Waals surface area contributed by atoms with Crippen LogP contribution in [0, 0.1) is 11.8 Å². The van der Waals surface area contributed by atoms with E-state index in [-0.39, 0.29) is 27.8 Å². The van der Waals surface area contributed by atoms with E-state index in [0.29, 0.717) is 35.9 Å². The number of nitrogens with one attached hydrogen (secondary N) is 1. The molecule has 2 aromatic carbocycles. The quantitative estimate of drug-likeness (QED) is 0.334. The Morgan fingerprint density at radius 1 is 0.941 bits per heavy atom. The van der Waals surface area contributed by atoms with E-state index in [4.69, 9.17) is 0 Å². The molecule has 4 rings (SSSR count). The second kappa shape index (κ2) is 9.21. The van der Waals surface area contributed by atoms with Crippen molar-refractivity contribution in [3.8, 4) is 0 Å². The van der Waals surface area contributed by atoms with Gasteiger partial charge in [-0.2, -0.15) is 0 Å². The fourth-order valence-corrected chi connectivity index (χ4v) is 6.03. The van der Waals surface area contributed by atoms with Crippen LogP contribution in [-0.4, -0.2) is 25.8 Å². The molecule has 1 heterocycles. The van der Waals surface area contributed by atoms with Crippen molar-refractivity contribution >= 4 is 33.8 Å². The van der Waals surface area contributed by atoms with Gasteiger partial charge < -0.3 is 10.4 Å². The Kier molecular flexibility index (Phi) is 6.64. The van der Waals surface area contributed by atoms with Crippen molar-refractivity contribution in [3.05, 3.63) is 65.2 Å². The number of ketones is 1. The van der Waals surface area contributed by atoms with Crippen molar-refractivity contribution in [2.24, 2.45) is 16.2 Å². The molecule has 34 heavy (non-hydrogen) atoms. The summed E-state index contributed by atoms with van der Waals surface area (Å²) in [5.74, 6) is 0.428. The summed E-state index contributed by atoms with van der Waals surface area (Å²) in [6.07, 6.45) is 2.99. The molecule has 182 valence electrons. The largest absolute Gasteiger partial charge is 0.506 e. The minimum Gasteiger partial charge on any atom is -0.506 e. The predicted molar refractivity (Wildman–Crippen MR) is 139 cm³/mol. The van der Waals surface area contributed by atoms with Crippen LogP contribution >= 0.6 is 10.8 Å². The van der Waals surface area contributed by atoms with Crippen molar-refractivity contribution in [2.75, 3.05) is 5.32 Å².